The highest BCUT2D eigenvalue weighted by Crippen LogP contribution is 2.25. The van der Waals surface area contributed by atoms with Crippen LogP contribution in [0.4, 0.5) is 11.6 Å². The van der Waals surface area contributed by atoms with Crippen LogP contribution in [0.1, 0.15) is 42.7 Å². The molecule has 1 N–H and O–H groups in total. The predicted octanol–water partition coefficient (Wildman–Crippen LogP) is 3.49. The number of piperidine rings is 1. The van der Waals surface area contributed by atoms with E-state index in [0.717, 1.165) is 61.1 Å². The molecule has 25 heavy (non-hydrogen) atoms. The quantitative estimate of drug-likeness (QED) is 0.842. The molecule has 3 rings (SSSR count). The largest absolute Gasteiger partial charge is 0.367 e. The van der Waals surface area contributed by atoms with E-state index in [1.807, 2.05) is 20.8 Å². The Labute approximate surface area is 154 Å². The Kier molecular flexibility index (Phi) is 5.37. The standard InChI is InChI=1S/C18H25ClN6/c1-5-15-17(19)22-13(4)23-18(15)24-14-6-8-25(9-7-14)16-10-11(2)20-12(3)21-16/h10,14H,5-9H2,1-4H3,(H,22,23,24). The van der Waals surface area contributed by atoms with Gasteiger partial charge in [0.1, 0.15) is 28.4 Å². The Hall–Kier alpha value is -1.95. The number of nitrogens with one attached hydrogen (secondary N) is 1. The molecular formula is C18H25ClN6. The van der Waals surface area contributed by atoms with Crippen LogP contribution in [0.25, 0.3) is 0 Å². The minimum absolute atomic E-state index is 0.385. The molecule has 134 valence electrons. The van der Waals surface area contributed by atoms with Gasteiger partial charge in [0.25, 0.3) is 0 Å². The summed E-state index contributed by atoms with van der Waals surface area (Å²) in [5.74, 6) is 3.44. The smallest absolute Gasteiger partial charge is 0.138 e. The van der Waals surface area contributed by atoms with Crippen LogP contribution < -0.4 is 10.2 Å². The lowest BCUT2D eigenvalue weighted by molar-refractivity contribution is 0.521. The summed E-state index contributed by atoms with van der Waals surface area (Å²) in [5, 5.41) is 4.14. The highest BCUT2D eigenvalue weighted by atomic mass is 35.5. The molecule has 7 heteroatoms. The molecule has 0 radical (unpaired) electrons. The molecule has 0 atom stereocenters. The number of nitrogens with zero attached hydrogens (tertiary/aromatic N) is 5. The van der Waals surface area contributed by atoms with Gasteiger partial charge in [-0.1, -0.05) is 18.5 Å². The topological polar surface area (TPSA) is 66.8 Å². The fourth-order valence-electron chi connectivity index (χ4n) is 3.30. The second kappa shape index (κ2) is 7.52. The minimum Gasteiger partial charge on any atom is -0.367 e. The van der Waals surface area contributed by atoms with Crippen LogP contribution in [0.15, 0.2) is 6.07 Å². The Morgan fingerprint density at radius 2 is 1.76 bits per heavy atom. The minimum atomic E-state index is 0.385. The van der Waals surface area contributed by atoms with Crippen molar-refractivity contribution in [3.63, 3.8) is 0 Å². The molecule has 0 amide bonds. The number of anilines is 2. The van der Waals surface area contributed by atoms with Gasteiger partial charge in [-0.25, -0.2) is 19.9 Å². The molecule has 0 bridgehead atoms. The summed E-state index contributed by atoms with van der Waals surface area (Å²) in [5.41, 5.74) is 2.01. The van der Waals surface area contributed by atoms with E-state index in [2.05, 4.69) is 43.1 Å². The van der Waals surface area contributed by atoms with E-state index < -0.39 is 0 Å². The highest BCUT2D eigenvalue weighted by molar-refractivity contribution is 6.30. The van der Waals surface area contributed by atoms with Crippen molar-refractivity contribution in [3.8, 4) is 0 Å². The van der Waals surface area contributed by atoms with Crippen molar-refractivity contribution >= 4 is 23.2 Å². The molecule has 0 aliphatic carbocycles. The first-order valence-electron chi connectivity index (χ1n) is 8.83. The summed E-state index contributed by atoms with van der Waals surface area (Å²) in [6, 6.07) is 2.44. The number of halogens is 1. The van der Waals surface area contributed by atoms with Crippen molar-refractivity contribution in [3.05, 3.63) is 34.1 Å². The van der Waals surface area contributed by atoms with E-state index in [4.69, 9.17) is 11.6 Å². The van der Waals surface area contributed by atoms with E-state index >= 15 is 0 Å². The van der Waals surface area contributed by atoms with Crippen molar-refractivity contribution in [1.29, 1.82) is 0 Å². The van der Waals surface area contributed by atoms with Gasteiger partial charge in [-0.15, -0.1) is 0 Å². The third-order valence-corrected chi connectivity index (χ3v) is 4.85. The fourth-order valence-corrected chi connectivity index (χ4v) is 3.65. The fraction of sp³-hybridized carbons (Fsp3) is 0.556. The lowest BCUT2D eigenvalue weighted by atomic mass is 10.0. The van der Waals surface area contributed by atoms with Gasteiger partial charge in [-0.2, -0.15) is 0 Å². The maximum Gasteiger partial charge on any atom is 0.138 e. The molecule has 2 aromatic heterocycles. The molecule has 0 spiro atoms. The van der Waals surface area contributed by atoms with Gasteiger partial charge in [0.15, 0.2) is 0 Å². The van der Waals surface area contributed by atoms with Gasteiger partial charge in [-0.05, 0) is 40.0 Å². The van der Waals surface area contributed by atoms with Gasteiger partial charge in [0.2, 0.25) is 0 Å². The Morgan fingerprint density at radius 1 is 1.08 bits per heavy atom. The van der Waals surface area contributed by atoms with Crippen LogP contribution in [-0.2, 0) is 6.42 Å². The zero-order valence-corrected chi connectivity index (χ0v) is 16.1. The SMILES string of the molecule is CCc1c(Cl)nc(C)nc1NC1CCN(c2cc(C)nc(C)n2)CC1. The van der Waals surface area contributed by atoms with Gasteiger partial charge in [-0.3, -0.25) is 0 Å². The van der Waals surface area contributed by atoms with Crippen molar-refractivity contribution in [2.75, 3.05) is 23.3 Å². The lowest BCUT2D eigenvalue weighted by Crippen LogP contribution is -2.40. The van der Waals surface area contributed by atoms with Crippen LogP contribution in [0.5, 0.6) is 0 Å². The van der Waals surface area contributed by atoms with Gasteiger partial charge >= 0.3 is 0 Å². The number of rotatable bonds is 4. The average Bonchev–Trinajstić information content (AvgIpc) is 2.54. The summed E-state index contributed by atoms with van der Waals surface area (Å²) in [6.45, 7) is 9.84. The third-order valence-electron chi connectivity index (χ3n) is 4.53. The van der Waals surface area contributed by atoms with Crippen molar-refractivity contribution in [2.45, 2.75) is 53.0 Å². The van der Waals surface area contributed by atoms with E-state index in [0.29, 0.717) is 17.0 Å². The molecule has 1 aliphatic rings. The molecule has 1 aliphatic heterocycles. The molecule has 0 aromatic carbocycles. The van der Waals surface area contributed by atoms with E-state index in [1.54, 1.807) is 0 Å². The zero-order chi connectivity index (χ0) is 18.0. The molecule has 1 saturated heterocycles. The molecule has 0 saturated carbocycles. The van der Waals surface area contributed by atoms with E-state index in [9.17, 15) is 0 Å². The molecule has 6 nitrogen and oxygen atoms in total. The maximum atomic E-state index is 6.27. The Balaban J connectivity index is 1.67. The van der Waals surface area contributed by atoms with Crippen LogP contribution in [0.3, 0.4) is 0 Å². The summed E-state index contributed by atoms with van der Waals surface area (Å²) < 4.78 is 0. The maximum absolute atomic E-state index is 6.27. The van der Waals surface area contributed by atoms with Gasteiger partial charge in [0.05, 0.1) is 0 Å². The van der Waals surface area contributed by atoms with Crippen molar-refractivity contribution < 1.29 is 0 Å². The van der Waals surface area contributed by atoms with Crippen molar-refractivity contribution in [2.24, 2.45) is 0 Å². The van der Waals surface area contributed by atoms with E-state index in [1.165, 1.54) is 0 Å². The van der Waals surface area contributed by atoms with Crippen LogP contribution in [-0.4, -0.2) is 39.1 Å². The number of aromatic nitrogens is 4. The highest BCUT2D eigenvalue weighted by Gasteiger charge is 2.22. The van der Waals surface area contributed by atoms with Crippen LogP contribution >= 0.6 is 11.6 Å². The van der Waals surface area contributed by atoms with Crippen LogP contribution in [0.2, 0.25) is 5.15 Å². The normalized spacial score (nSPS) is 15.5. The summed E-state index contributed by atoms with van der Waals surface area (Å²) in [6.07, 6.45) is 2.89. The Morgan fingerprint density at radius 3 is 2.40 bits per heavy atom. The summed E-state index contributed by atoms with van der Waals surface area (Å²) in [7, 11) is 0. The monoisotopic (exact) mass is 360 g/mol. The van der Waals surface area contributed by atoms with E-state index in [-0.39, 0.29) is 0 Å². The molecular weight excluding hydrogens is 336 g/mol. The first-order valence-corrected chi connectivity index (χ1v) is 9.21. The number of hydrogen-bond donors (Lipinski definition) is 1. The first-order chi connectivity index (χ1) is 12.0. The summed E-state index contributed by atoms with van der Waals surface area (Å²) in [4.78, 5) is 20.1. The number of hydrogen-bond acceptors (Lipinski definition) is 6. The van der Waals surface area contributed by atoms with Gasteiger partial charge in [0, 0.05) is 36.5 Å². The van der Waals surface area contributed by atoms with Crippen LogP contribution in [0, 0.1) is 20.8 Å². The molecule has 3 heterocycles. The Bertz CT molecular complexity index is 735. The lowest BCUT2D eigenvalue weighted by Gasteiger charge is -2.34. The number of aryl methyl sites for hydroxylation is 3. The first kappa shape index (κ1) is 17.9. The average molecular weight is 361 g/mol. The second-order valence-corrected chi connectivity index (χ2v) is 6.92. The van der Waals surface area contributed by atoms with Gasteiger partial charge < -0.3 is 10.2 Å². The molecule has 1 fully saturated rings. The zero-order valence-electron chi connectivity index (χ0n) is 15.3. The molecule has 0 unspecified atom stereocenters. The third kappa shape index (κ3) is 4.18. The second-order valence-electron chi connectivity index (χ2n) is 6.56. The predicted molar refractivity (Wildman–Crippen MR) is 102 cm³/mol. The summed E-state index contributed by atoms with van der Waals surface area (Å²) >= 11 is 6.27. The molecule has 2 aromatic rings. The van der Waals surface area contributed by atoms with Crippen molar-refractivity contribution in [1.82, 2.24) is 19.9 Å².